The van der Waals surface area contributed by atoms with Crippen molar-refractivity contribution in [2.45, 2.75) is 19.4 Å². The number of esters is 1. The fraction of sp³-hybridized carbons (Fsp3) is 0.296. The van der Waals surface area contributed by atoms with Crippen LogP contribution in [-0.4, -0.2) is 47.8 Å². The highest BCUT2D eigenvalue weighted by Gasteiger charge is 2.23. The van der Waals surface area contributed by atoms with E-state index in [-0.39, 0.29) is 29.4 Å². The molecule has 3 heterocycles. The lowest BCUT2D eigenvalue weighted by Crippen LogP contribution is -2.51. The van der Waals surface area contributed by atoms with Crippen LogP contribution in [0, 0.1) is 5.82 Å². The zero-order valence-corrected chi connectivity index (χ0v) is 19.8. The summed E-state index contributed by atoms with van der Waals surface area (Å²) in [6.07, 6.45) is 2.30. The summed E-state index contributed by atoms with van der Waals surface area (Å²) in [6.45, 7) is 3.96. The molecule has 1 N–H and O–H groups in total. The maximum absolute atomic E-state index is 15.3. The fourth-order valence-corrected chi connectivity index (χ4v) is 4.74. The minimum Gasteiger partial charge on any atom is -0.462 e. The van der Waals surface area contributed by atoms with Crippen molar-refractivity contribution in [2.24, 2.45) is 7.05 Å². The number of hydrogen-bond donors (Lipinski definition) is 1. The number of nitrogens with one attached hydrogen (secondary N) is 1. The minimum atomic E-state index is -0.680. The van der Waals surface area contributed by atoms with Crippen molar-refractivity contribution < 1.29 is 13.9 Å². The molecule has 0 radical (unpaired) electrons. The van der Waals surface area contributed by atoms with Gasteiger partial charge < -0.3 is 19.5 Å². The van der Waals surface area contributed by atoms with Gasteiger partial charge in [-0.05, 0) is 37.1 Å². The molecule has 0 amide bonds. The standard InChI is InChI=1S/C27H27FN4O3/c1-3-35-27(34)21-16-31(2)26-20(25(21)33)12-18-13-22(28)24(14-23(18)30-26)32-10-9-29-19(15-32)11-17-7-5-4-6-8-17/h4-8,12-14,16,19,29H,3,9-11,15H2,1-2H3. The van der Waals surface area contributed by atoms with E-state index < -0.39 is 11.4 Å². The molecule has 180 valence electrons. The van der Waals surface area contributed by atoms with Gasteiger partial charge in [-0.25, -0.2) is 14.2 Å². The van der Waals surface area contributed by atoms with Crippen molar-refractivity contribution in [3.8, 4) is 0 Å². The maximum atomic E-state index is 15.3. The number of fused-ring (bicyclic) bond motifs is 2. The third-order valence-corrected chi connectivity index (χ3v) is 6.43. The van der Waals surface area contributed by atoms with Crippen LogP contribution in [0.5, 0.6) is 0 Å². The number of hydrogen-bond acceptors (Lipinski definition) is 6. The number of anilines is 1. The van der Waals surface area contributed by atoms with Crippen LogP contribution < -0.4 is 15.6 Å². The summed E-state index contributed by atoms with van der Waals surface area (Å²) in [5.74, 6) is -1.04. The molecule has 35 heavy (non-hydrogen) atoms. The first-order chi connectivity index (χ1) is 16.9. The summed E-state index contributed by atoms with van der Waals surface area (Å²) < 4.78 is 21.9. The summed E-state index contributed by atoms with van der Waals surface area (Å²) in [5, 5.41) is 4.29. The molecule has 2 aromatic heterocycles. The second kappa shape index (κ2) is 9.46. The summed E-state index contributed by atoms with van der Waals surface area (Å²) in [4.78, 5) is 31.9. The van der Waals surface area contributed by atoms with Gasteiger partial charge in [0.05, 0.1) is 23.2 Å². The van der Waals surface area contributed by atoms with Crippen LogP contribution in [0.4, 0.5) is 10.1 Å². The predicted octanol–water partition coefficient (Wildman–Crippen LogP) is 3.42. The highest BCUT2D eigenvalue weighted by molar-refractivity contribution is 5.97. The predicted molar refractivity (Wildman–Crippen MR) is 135 cm³/mol. The Morgan fingerprint density at radius 2 is 2.03 bits per heavy atom. The molecule has 1 saturated heterocycles. The lowest BCUT2D eigenvalue weighted by atomic mass is 10.0. The van der Waals surface area contributed by atoms with Crippen LogP contribution in [0.1, 0.15) is 22.8 Å². The molecule has 4 aromatic rings. The van der Waals surface area contributed by atoms with Gasteiger partial charge in [0.25, 0.3) is 0 Å². The smallest absolute Gasteiger partial charge is 0.343 e. The van der Waals surface area contributed by atoms with E-state index in [1.165, 1.54) is 17.8 Å². The van der Waals surface area contributed by atoms with Gasteiger partial charge in [0.2, 0.25) is 5.43 Å². The van der Waals surface area contributed by atoms with Crippen molar-refractivity contribution in [2.75, 3.05) is 31.1 Å². The molecule has 1 fully saturated rings. The number of nitrogens with zero attached hydrogens (tertiary/aromatic N) is 3. The Hall–Kier alpha value is -3.78. The van der Waals surface area contributed by atoms with E-state index in [0.717, 1.165) is 13.0 Å². The number of halogens is 1. The summed E-state index contributed by atoms with van der Waals surface area (Å²) in [7, 11) is 1.72. The van der Waals surface area contributed by atoms with Gasteiger partial charge in [-0.2, -0.15) is 0 Å². The monoisotopic (exact) mass is 474 g/mol. The normalized spacial score (nSPS) is 16.1. The lowest BCUT2D eigenvalue weighted by molar-refractivity contribution is 0.0524. The quantitative estimate of drug-likeness (QED) is 0.353. The Bertz CT molecular complexity index is 1470. The highest BCUT2D eigenvalue weighted by Crippen LogP contribution is 2.28. The van der Waals surface area contributed by atoms with Crippen LogP contribution >= 0.6 is 0 Å². The van der Waals surface area contributed by atoms with Gasteiger partial charge in [-0.3, -0.25) is 4.79 Å². The molecule has 0 bridgehead atoms. The molecule has 1 atom stereocenters. The van der Waals surface area contributed by atoms with Gasteiger partial charge >= 0.3 is 5.97 Å². The van der Waals surface area contributed by atoms with E-state index in [1.807, 2.05) is 23.1 Å². The number of ether oxygens (including phenoxy) is 1. The topological polar surface area (TPSA) is 76.5 Å². The molecule has 7 nitrogen and oxygen atoms in total. The largest absolute Gasteiger partial charge is 0.462 e. The Labute approximate surface area is 202 Å². The van der Waals surface area contributed by atoms with Crippen molar-refractivity contribution in [1.29, 1.82) is 0 Å². The average molecular weight is 475 g/mol. The van der Waals surface area contributed by atoms with Crippen molar-refractivity contribution in [1.82, 2.24) is 14.9 Å². The van der Waals surface area contributed by atoms with Crippen LogP contribution in [0.25, 0.3) is 21.9 Å². The first kappa shape index (κ1) is 23.0. The second-order valence-corrected chi connectivity index (χ2v) is 8.85. The number of piperazine rings is 1. The molecular weight excluding hydrogens is 447 g/mol. The number of pyridine rings is 2. The Kier molecular flexibility index (Phi) is 6.21. The van der Waals surface area contributed by atoms with E-state index in [4.69, 9.17) is 4.74 Å². The van der Waals surface area contributed by atoms with Gasteiger partial charge in [0, 0.05) is 44.3 Å². The highest BCUT2D eigenvalue weighted by atomic mass is 19.1. The summed E-state index contributed by atoms with van der Waals surface area (Å²) in [6, 6.07) is 15.2. The van der Waals surface area contributed by atoms with E-state index >= 15 is 4.39 Å². The number of carbonyl (C=O) groups is 1. The first-order valence-corrected chi connectivity index (χ1v) is 11.8. The number of carbonyl (C=O) groups excluding carboxylic acids is 1. The number of rotatable bonds is 5. The molecule has 8 heteroatoms. The van der Waals surface area contributed by atoms with Crippen LogP contribution in [0.3, 0.4) is 0 Å². The third kappa shape index (κ3) is 4.49. The zero-order valence-electron chi connectivity index (χ0n) is 19.8. The number of aromatic nitrogens is 2. The molecule has 2 aromatic carbocycles. The van der Waals surface area contributed by atoms with Gasteiger partial charge in [0.1, 0.15) is 17.0 Å². The molecule has 1 aliphatic heterocycles. The fourth-order valence-electron chi connectivity index (χ4n) is 4.74. The maximum Gasteiger partial charge on any atom is 0.343 e. The Morgan fingerprint density at radius 1 is 1.23 bits per heavy atom. The average Bonchev–Trinajstić information content (AvgIpc) is 2.86. The third-order valence-electron chi connectivity index (χ3n) is 6.43. The van der Waals surface area contributed by atoms with Crippen LogP contribution in [-0.2, 0) is 18.2 Å². The Morgan fingerprint density at radius 3 is 2.80 bits per heavy atom. The number of benzene rings is 2. The number of aryl methyl sites for hydroxylation is 1. The Balaban J connectivity index is 1.51. The zero-order chi connectivity index (χ0) is 24.5. The van der Waals surface area contributed by atoms with E-state index in [1.54, 1.807) is 30.7 Å². The lowest BCUT2D eigenvalue weighted by Gasteiger charge is -2.35. The molecule has 0 spiro atoms. The second-order valence-electron chi connectivity index (χ2n) is 8.85. The van der Waals surface area contributed by atoms with Crippen molar-refractivity contribution >= 4 is 33.6 Å². The van der Waals surface area contributed by atoms with Crippen LogP contribution in [0.15, 0.2) is 59.5 Å². The molecule has 1 aliphatic rings. The van der Waals surface area contributed by atoms with Crippen LogP contribution in [0.2, 0.25) is 0 Å². The molecular formula is C27H27FN4O3. The van der Waals surface area contributed by atoms with Gasteiger partial charge in [0.15, 0.2) is 0 Å². The molecule has 0 saturated carbocycles. The van der Waals surface area contributed by atoms with E-state index in [9.17, 15) is 9.59 Å². The van der Waals surface area contributed by atoms with Gasteiger partial charge in [-0.1, -0.05) is 30.3 Å². The van der Waals surface area contributed by atoms with E-state index in [0.29, 0.717) is 35.3 Å². The van der Waals surface area contributed by atoms with Crippen molar-refractivity contribution in [3.63, 3.8) is 0 Å². The summed E-state index contributed by atoms with van der Waals surface area (Å²) >= 11 is 0. The van der Waals surface area contributed by atoms with E-state index in [2.05, 4.69) is 22.4 Å². The first-order valence-electron chi connectivity index (χ1n) is 11.8. The molecule has 1 unspecified atom stereocenters. The molecule has 5 rings (SSSR count). The van der Waals surface area contributed by atoms with Crippen molar-refractivity contribution in [3.05, 3.63) is 81.9 Å². The van der Waals surface area contributed by atoms with Gasteiger partial charge in [-0.15, -0.1) is 0 Å². The molecule has 0 aliphatic carbocycles. The summed E-state index contributed by atoms with van der Waals surface area (Å²) in [5.41, 5.74) is 2.21. The minimum absolute atomic E-state index is 0.0645. The SMILES string of the molecule is CCOC(=O)c1cn(C)c2nc3cc(N4CCNC(Cc5ccccc5)C4)c(F)cc3cc2c1=O.